The van der Waals surface area contributed by atoms with Crippen LogP contribution in [0.3, 0.4) is 0 Å². The molecular weight excluding hydrogens is 286 g/mol. The van der Waals surface area contributed by atoms with E-state index in [1.165, 1.54) is 5.56 Å². The summed E-state index contributed by atoms with van der Waals surface area (Å²) in [4.78, 5) is 12.9. The Morgan fingerprint density at radius 1 is 1.22 bits per heavy atom. The molecule has 1 aliphatic carbocycles. The van der Waals surface area contributed by atoms with E-state index in [0.29, 0.717) is 6.42 Å². The third-order valence-corrected chi connectivity index (χ3v) is 4.88. The highest BCUT2D eigenvalue weighted by Gasteiger charge is 2.45. The number of carbonyl (C=O) groups excluding carboxylic acids is 1. The molecule has 0 aliphatic heterocycles. The highest BCUT2D eigenvalue weighted by molar-refractivity contribution is 5.95. The molecule has 0 heterocycles. The molecule has 2 unspecified atom stereocenters. The average Bonchev–Trinajstić information content (AvgIpc) is 2.35. The number of carbonyl (C=O) groups is 1. The maximum Gasteiger partial charge on any atom is 0.230 e. The van der Waals surface area contributed by atoms with Crippen molar-refractivity contribution in [3.63, 3.8) is 0 Å². The lowest BCUT2D eigenvalue weighted by molar-refractivity contribution is -0.132. The number of rotatable bonds is 2. The highest BCUT2D eigenvalue weighted by Crippen LogP contribution is 2.46. The van der Waals surface area contributed by atoms with Crippen molar-refractivity contribution in [2.24, 2.45) is 10.8 Å². The average molecular weight is 317 g/mol. The summed E-state index contributed by atoms with van der Waals surface area (Å²) < 4.78 is 0. The summed E-state index contributed by atoms with van der Waals surface area (Å²) in [6, 6.07) is 8.05. The van der Waals surface area contributed by atoms with E-state index >= 15 is 0 Å². The van der Waals surface area contributed by atoms with Gasteiger partial charge in [0.15, 0.2) is 0 Å². The summed E-state index contributed by atoms with van der Waals surface area (Å²) in [5, 5.41) is 13.2. The minimum Gasteiger partial charge on any atom is -0.393 e. The van der Waals surface area contributed by atoms with Crippen molar-refractivity contribution in [2.75, 3.05) is 5.32 Å². The Morgan fingerprint density at radius 2 is 1.87 bits per heavy atom. The molecule has 128 valence electrons. The smallest absolute Gasteiger partial charge is 0.230 e. The molecule has 2 rings (SSSR count). The van der Waals surface area contributed by atoms with E-state index in [1.807, 2.05) is 25.1 Å². The summed E-state index contributed by atoms with van der Waals surface area (Å²) in [7, 11) is 0. The molecule has 1 amide bonds. The quantitative estimate of drug-likeness (QED) is 0.843. The molecular formula is C20H31NO2. The first-order chi connectivity index (χ1) is 10.4. The van der Waals surface area contributed by atoms with E-state index in [1.54, 1.807) is 0 Å². The molecule has 3 heteroatoms. The Morgan fingerprint density at radius 3 is 2.43 bits per heavy atom. The minimum absolute atomic E-state index is 0.00961. The molecule has 0 spiro atoms. The number of hydrogen-bond acceptors (Lipinski definition) is 2. The van der Waals surface area contributed by atoms with Crippen LogP contribution in [0.1, 0.15) is 66.4 Å². The van der Waals surface area contributed by atoms with Gasteiger partial charge in [-0.1, -0.05) is 53.7 Å². The summed E-state index contributed by atoms with van der Waals surface area (Å²) >= 11 is 0. The zero-order valence-corrected chi connectivity index (χ0v) is 15.4. The number of hydrogen-bond donors (Lipinski definition) is 2. The summed E-state index contributed by atoms with van der Waals surface area (Å²) in [6.07, 6.45) is 1.67. The molecule has 2 atom stereocenters. The van der Waals surface area contributed by atoms with Crippen molar-refractivity contribution in [1.82, 2.24) is 0 Å². The zero-order chi connectivity index (χ0) is 17.5. The molecule has 0 aromatic heterocycles. The predicted molar refractivity (Wildman–Crippen MR) is 95.5 cm³/mol. The molecule has 2 N–H and O–H groups in total. The molecule has 0 radical (unpaired) electrons. The van der Waals surface area contributed by atoms with Gasteiger partial charge in [0, 0.05) is 11.1 Å². The van der Waals surface area contributed by atoms with Crippen LogP contribution >= 0.6 is 0 Å². The Kier molecular flexibility index (Phi) is 4.64. The first-order valence-electron chi connectivity index (χ1n) is 8.51. The second kappa shape index (κ2) is 5.94. The number of nitrogens with one attached hydrogen (secondary N) is 1. The fraction of sp³-hybridized carbons (Fsp3) is 0.650. The number of benzene rings is 1. The number of aliphatic hydroxyl groups excluding tert-OH is 1. The first kappa shape index (κ1) is 18.0. The van der Waals surface area contributed by atoms with E-state index < -0.39 is 11.5 Å². The Balaban J connectivity index is 2.18. The van der Waals surface area contributed by atoms with E-state index in [0.717, 1.165) is 18.5 Å². The normalized spacial score (nSPS) is 27.5. The van der Waals surface area contributed by atoms with E-state index in [9.17, 15) is 9.90 Å². The lowest BCUT2D eigenvalue weighted by Gasteiger charge is -2.44. The van der Waals surface area contributed by atoms with Crippen LogP contribution in [0.2, 0.25) is 0 Å². The van der Waals surface area contributed by atoms with Crippen molar-refractivity contribution in [1.29, 1.82) is 0 Å². The first-order valence-corrected chi connectivity index (χ1v) is 8.51. The fourth-order valence-corrected chi connectivity index (χ4v) is 3.95. The Bertz CT molecular complexity index is 586. The van der Waals surface area contributed by atoms with Gasteiger partial charge in [0.05, 0.1) is 6.10 Å². The molecule has 1 aromatic rings. The molecule has 1 aromatic carbocycles. The van der Waals surface area contributed by atoms with Gasteiger partial charge in [-0.15, -0.1) is 0 Å². The lowest BCUT2D eigenvalue weighted by atomic mass is 9.63. The molecule has 1 fully saturated rings. The Labute approximate surface area is 140 Å². The van der Waals surface area contributed by atoms with Gasteiger partial charge in [-0.05, 0) is 47.8 Å². The van der Waals surface area contributed by atoms with Gasteiger partial charge in [-0.3, -0.25) is 4.79 Å². The van der Waals surface area contributed by atoms with Crippen molar-refractivity contribution in [2.45, 2.75) is 72.3 Å². The van der Waals surface area contributed by atoms with Crippen LogP contribution < -0.4 is 5.32 Å². The molecule has 1 saturated carbocycles. The van der Waals surface area contributed by atoms with Crippen LogP contribution in [0, 0.1) is 10.8 Å². The second-order valence-electron chi connectivity index (χ2n) is 9.25. The van der Waals surface area contributed by atoms with Crippen LogP contribution in [0.25, 0.3) is 0 Å². The van der Waals surface area contributed by atoms with Crippen LogP contribution in [0.15, 0.2) is 24.3 Å². The van der Waals surface area contributed by atoms with Crippen LogP contribution in [0.4, 0.5) is 5.69 Å². The van der Waals surface area contributed by atoms with Gasteiger partial charge in [-0.25, -0.2) is 0 Å². The summed E-state index contributed by atoms with van der Waals surface area (Å²) in [5.74, 6) is 0.00961. The number of anilines is 1. The van der Waals surface area contributed by atoms with E-state index in [-0.39, 0.29) is 16.7 Å². The molecule has 0 bridgehead atoms. The van der Waals surface area contributed by atoms with Crippen LogP contribution in [-0.2, 0) is 10.2 Å². The fourth-order valence-electron chi connectivity index (χ4n) is 3.95. The SMILES string of the molecule is CC1(C)CC(O)CC(C)(C(=O)Nc2cccc(C(C)(C)C)c2)C1. The monoisotopic (exact) mass is 317 g/mol. The van der Waals surface area contributed by atoms with Gasteiger partial charge in [0.1, 0.15) is 0 Å². The van der Waals surface area contributed by atoms with Gasteiger partial charge in [0.25, 0.3) is 0 Å². The van der Waals surface area contributed by atoms with E-state index in [4.69, 9.17) is 0 Å². The van der Waals surface area contributed by atoms with Crippen molar-refractivity contribution in [3.05, 3.63) is 29.8 Å². The summed E-state index contributed by atoms with van der Waals surface area (Å²) in [6.45, 7) is 12.7. The van der Waals surface area contributed by atoms with Crippen LogP contribution in [-0.4, -0.2) is 17.1 Å². The van der Waals surface area contributed by atoms with Gasteiger partial charge in [0.2, 0.25) is 5.91 Å². The van der Waals surface area contributed by atoms with E-state index in [2.05, 4.69) is 46.0 Å². The maximum absolute atomic E-state index is 12.9. The zero-order valence-electron chi connectivity index (χ0n) is 15.4. The summed E-state index contributed by atoms with van der Waals surface area (Å²) in [5.41, 5.74) is 1.54. The minimum atomic E-state index is -0.529. The van der Waals surface area contributed by atoms with Crippen LogP contribution in [0.5, 0.6) is 0 Å². The van der Waals surface area contributed by atoms with Gasteiger partial charge < -0.3 is 10.4 Å². The van der Waals surface area contributed by atoms with Gasteiger partial charge in [-0.2, -0.15) is 0 Å². The Hall–Kier alpha value is -1.35. The van der Waals surface area contributed by atoms with Crippen molar-refractivity contribution in [3.8, 4) is 0 Å². The third kappa shape index (κ3) is 4.35. The standard InChI is InChI=1S/C20H31NO2/c1-18(2,3)14-8-7-9-15(10-14)21-17(23)20(6)12-16(22)11-19(4,5)13-20/h7-10,16,22H,11-13H2,1-6H3,(H,21,23). The second-order valence-corrected chi connectivity index (χ2v) is 9.25. The molecule has 1 aliphatic rings. The maximum atomic E-state index is 12.9. The lowest BCUT2D eigenvalue weighted by Crippen LogP contribution is -2.45. The largest absolute Gasteiger partial charge is 0.393 e. The third-order valence-electron chi connectivity index (χ3n) is 4.88. The predicted octanol–water partition coefficient (Wildman–Crippen LogP) is 4.50. The molecule has 23 heavy (non-hydrogen) atoms. The molecule has 0 saturated heterocycles. The van der Waals surface area contributed by atoms with Gasteiger partial charge >= 0.3 is 0 Å². The number of amides is 1. The number of aliphatic hydroxyl groups is 1. The van der Waals surface area contributed by atoms with Crippen molar-refractivity contribution >= 4 is 11.6 Å². The highest BCUT2D eigenvalue weighted by atomic mass is 16.3. The molecule has 3 nitrogen and oxygen atoms in total. The van der Waals surface area contributed by atoms with Crippen molar-refractivity contribution < 1.29 is 9.90 Å². The topological polar surface area (TPSA) is 49.3 Å².